The molecule has 18 heavy (non-hydrogen) atoms. The first-order valence-corrected chi connectivity index (χ1v) is 6.91. The maximum Gasteiger partial charge on any atom is 0.254 e. The van der Waals surface area contributed by atoms with Crippen molar-refractivity contribution >= 4 is 21.8 Å². The molecule has 2 heterocycles. The zero-order valence-corrected chi connectivity index (χ0v) is 11.6. The van der Waals surface area contributed by atoms with E-state index in [-0.39, 0.29) is 23.6 Å². The Morgan fingerprint density at radius 2 is 2.44 bits per heavy atom. The molecule has 0 spiro atoms. The molecule has 1 aromatic heterocycles. The number of morpholine rings is 1. The molecule has 0 radical (unpaired) electrons. The number of aromatic amines is 1. The fraction of sp³-hybridized carbons (Fsp3) is 0.500. The van der Waals surface area contributed by atoms with E-state index in [0.29, 0.717) is 24.0 Å². The molecule has 1 aromatic rings. The third kappa shape index (κ3) is 2.81. The summed E-state index contributed by atoms with van der Waals surface area (Å²) in [5.74, 6) is -0.122. The number of nitrogens with one attached hydrogen (secondary N) is 1. The molecule has 0 saturated carbocycles. The fourth-order valence-corrected chi connectivity index (χ4v) is 2.33. The molecule has 1 N–H and O–H groups in total. The van der Waals surface area contributed by atoms with E-state index in [1.807, 2.05) is 6.92 Å². The van der Waals surface area contributed by atoms with Gasteiger partial charge in [-0.2, -0.15) is 0 Å². The van der Waals surface area contributed by atoms with Crippen LogP contribution in [0.25, 0.3) is 0 Å². The summed E-state index contributed by atoms with van der Waals surface area (Å²) in [5, 5.41) is 0.693. The van der Waals surface area contributed by atoms with Gasteiger partial charge in [0, 0.05) is 29.7 Å². The monoisotopic (exact) mass is 314 g/mol. The smallest absolute Gasteiger partial charge is 0.254 e. The van der Waals surface area contributed by atoms with Crippen LogP contribution in [-0.4, -0.2) is 46.4 Å². The van der Waals surface area contributed by atoms with Gasteiger partial charge in [-0.05, 0) is 13.0 Å². The lowest BCUT2D eigenvalue weighted by Crippen LogP contribution is -2.51. The van der Waals surface area contributed by atoms with Crippen LogP contribution < -0.4 is 5.56 Å². The molecule has 98 valence electrons. The van der Waals surface area contributed by atoms with Crippen LogP contribution in [0.3, 0.4) is 0 Å². The molecule has 2 atom stereocenters. The predicted molar refractivity (Wildman–Crippen MR) is 71.1 cm³/mol. The number of ether oxygens (including phenoxy) is 1. The van der Waals surface area contributed by atoms with E-state index < -0.39 is 0 Å². The summed E-state index contributed by atoms with van der Waals surface area (Å²) in [6.45, 7) is 3.00. The van der Waals surface area contributed by atoms with Crippen molar-refractivity contribution in [3.05, 3.63) is 34.2 Å². The van der Waals surface area contributed by atoms with Crippen molar-refractivity contribution in [2.45, 2.75) is 19.1 Å². The first kappa shape index (κ1) is 13.3. The summed E-state index contributed by atoms with van der Waals surface area (Å²) in [6.07, 6.45) is 1.50. The van der Waals surface area contributed by atoms with Gasteiger partial charge in [0.15, 0.2) is 0 Å². The van der Waals surface area contributed by atoms with E-state index >= 15 is 0 Å². The van der Waals surface area contributed by atoms with Gasteiger partial charge in [-0.3, -0.25) is 9.59 Å². The summed E-state index contributed by atoms with van der Waals surface area (Å²) >= 11 is 3.36. The number of aromatic nitrogens is 1. The Morgan fingerprint density at radius 3 is 3.11 bits per heavy atom. The van der Waals surface area contributed by atoms with Gasteiger partial charge in [-0.15, -0.1) is 0 Å². The average molecular weight is 315 g/mol. The molecular formula is C12H15BrN2O3. The van der Waals surface area contributed by atoms with E-state index in [1.165, 1.54) is 12.3 Å². The van der Waals surface area contributed by atoms with Crippen molar-refractivity contribution in [2.24, 2.45) is 0 Å². The van der Waals surface area contributed by atoms with Gasteiger partial charge in [-0.25, -0.2) is 0 Å². The van der Waals surface area contributed by atoms with Gasteiger partial charge in [0.2, 0.25) is 5.56 Å². The number of halogens is 1. The van der Waals surface area contributed by atoms with Crippen LogP contribution in [0.15, 0.2) is 23.1 Å². The van der Waals surface area contributed by atoms with E-state index in [9.17, 15) is 9.59 Å². The van der Waals surface area contributed by atoms with Gasteiger partial charge >= 0.3 is 0 Å². The Balaban J connectivity index is 2.19. The summed E-state index contributed by atoms with van der Waals surface area (Å²) in [7, 11) is 0. The summed E-state index contributed by atoms with van der Waals surface area (Å²) in [4.78, 5) is 27.8. The molecule has 6 heteroatoms. The lowest BCUT2D eigenvalue weighted by atomic mass is 10.1. The highest BCUT2D eigenvalue weighted by Gasteiger charge is 2.29. The van der Waals surface area contributed by atoms with Crippen molar-refractivity contribution < 1.29 is 9.53 Å². The first-order valence-electron chi connectivity index (χ1n) is 5.79. The second-order valence-corrected chi connectivity index (χ2v) is 5.01. The van der Waals surface area contributed by atoms with Crippen LogP contribution in [0, 0.1) is 0 Å². The Kier molecular flexibility index (Phi) is 4.19. The predicted octanol–water partition coefficient (Wildman–Crippen LogP) is 0.999. The molecule has 2 unspecified atom stereocenters. The number of amides is 1. The maximum absolute atomic E-state index is 12.3. The van der Waals surface area contributed by atoms with Crippen molar-refractivity contribution in [3.8, 4) is 0 Å². The zero-order valence-electron chi connectivity index (χ0n) is 10.1. The highest BCUT2D eigenvalue weighted by Crippen LogP contribution is 2.16. The van der Waals surface area contributed by atoms with Gasteiger partial charge in [0.05, 0.1) is 18.8 Å². The van der Waals surface area contributed by atoms with Crippen molar-refractivity contribution in [1.29, 1.82) is 0 Å². The molecule has 0 aromatic carbocycles. The largest absolute Gasteiger partial charge is 0.373 e. The summed E-state index contributed by atoms with van der Waals surface area (Å²) < 4.78 is 5.57. The molecule has 0 aliphatic carbocycles. The normalized spacial score (nSPS) is 24.0. The lowest BCUT2D eigenvalue weighted by Gasteiger charge is -2.37. The molecule has 5 nitrogen and oxygen atoms in total. The standard InChI is InChI=1S/C12H15BrN2O3/c1-8-7-18-10(5-13)6-15(8)12(17)9-2-3-14-11(16)4-9/h2-4,8,10H,5-7H2,1H3,(H,14,16). The molecular weight excluding hydrogens is 300 g/mol. The van der Waals surface area contributed by atoms with Gasteiger partial charge in [-0.1, -0.05) is 15.9 Å². The van der Waals surface area contributed by atoms with Crippen LogP contribution in [0.2, 0.25) is 0 Å². The average Bonchev–Trinajstić information content (AvgIpc) is 2.38. The molecule has 1 amide bonds. The fourth-order valence-electron chi connectivity index (χ4n) is 1.94. The topological polar surface area (TPSA) is 62.4 Å². The molecule has 2 rings (SSSR count). The Labute approximate surface area is 113 Å². The second kappa shape index (κ2) is 5.67. The van der Waals surface area contributed by atoms with Crippen LogP contribution in [0.5, 0.6) is 0 Å². The number of alkyl halides is 1. The van der Waals surface area contributed by atoms with Crippen molar-refractivity contribution in [1.82, 2.24) is 9.88 Å². The number of hydrogen-bond donors (Lipinski definition) is 1. The third-order valence-corrected chi connectivity index (χ3v) is 3.68. The highest BCUT2D eigenvalue weighted by atomic mass is 79.9. The number of H-pyrrole nitrogens is 1. The number of carbonyl (C=O) groups excluding carboxylic acids is 1. The second-order valence-electron chi connectivity index (χ2n) is 4.36. The third-order valence-electron chi connectivity index (χ3n) is 2.96. The van der Waals surface area contributed by atoms with E-state index in [4.69, 9.17) is 4.74 Å². The van der Waals surface area contributed by atoms with Crippen LogP contribution in [0.4, 0.5) is 0 Å². The molecule has 1 aliphatic rings. The first-order chi connectivity index (χ1) is 8.61. The van der Waals surface area contributed by atoms with Gasteiger partial charge in [0.1, 0.15) is 0 Å². The van der Waals surface area contributed by atoms with Gasteiger partial charge in [0.25, 0.3) is 5.91 Å². The van der Waals surface area contributed by atoms with E-state index in [0.717, 1.165) is 0 Å². The quantitative estimate of drug-likeness (QED) is 0.828. The maximum atomic E-state index is 12.3. The zero-order chi connectivity index (χ0) is 13.1. The lowest BCUT2D eigenvalue weighted by molar-refractivity contribution is -0.0361. The molecule has 1 saturated heterocycles. The number of pyridine rings is 1. The number of rotatable bonds is 2. The summed E-state index contributed by atoms with van der Waals surface area (Å²) in [5.41, 5.74) is 0.152. The Bertz CT molecular complexity index is 488. The minimum absolute atomic E-state index is 0.00662. The minimum atomic E-state index is -0.265. The van der Waals surface area contributed by atoms with Crippen LogP contribution in [-0.2, 0) is 4.74 Å². The SMILES string of the molecule is CC1COC(CBr)CN1C(=O)c1cc[nH]c(=O)c1. The number of nitrogens with zero attached hydrogens (tertiary/aromatic N) is 1. The Morgan fingerprint density at radius 1 is 1.67 bits per heavy atom. The Hall–Kier alpha value is -1.14. The molecule has 0 bridgehead atoms. The van der Waals surface area contributed by atoms with E-state index in [2.05, 4.69) is 20.9 Å². The van der Waals surface area contributed by atoms with Gasteiger partial charge < -0.3 is 14.6 Å². The van der Waals surface area contributed by atoms with E-state index in [1.54, 1.807) is 11.0 Å². The molecule has 1 fully saturated rings. The van der Waals surface area contributed by atoms with Crippen molar-refractivity contribution in [2.75, 3.05) is 18.5 Å². The van der Waals surface area contributed by atoms with Crippen LogP contribution in [0.1, 0.15) is 17.3 Å². The highest BCUT2D eigenvalue weighted by molar-refractivity contribution is 9.09. The number of carbonyl (C=O) groups is 1. The van der Waals surface area contributed by atoms with Crippen LogP contribution >= 0.6 is 15.9 Å². The summed E-state index contributed by atoms with van der Waals surface area (Å²) in [6, 6.07) is 2.97. The minimum Gasteiger partial charge on any atom is -0.373 e. The number of hydrogen-bond acceptors (Lipinski definition) is 3. The van der Waals surface area contributed by atoms with Crippen molar-refractivity contribution in [3.63, 3.8) is 0 Å². The molecule has 1 aliphatic heterocycles.